The van der Waals surface area contributed by atoms with Crippen molar-refractivity contribution in [3.8, 4) is 0 Å². The highest BCUT2D eigenvalue weighted by Gasteiger charge is 2.28. The fourth-order valence-electron chi connectivity index (χ4n) is 0.925. The molecule has 1 atom stereocenters. The largest absolute Gasteiger partial charge is 0.447 e. The number of carbonyl (C=O) groups is 2. The van der Waals surface area contributed by atoms with Crippen LogP contribution in [0.25, 0.3) is 0 Å². The Hall–Kier alpha value is -1.30. The summed E-state index contributed by atoms with van der Waals surface area (Å²) in [5.74, 6) is -0.247. The van der Waals surface area contributed by atoms with E-state index < -0.39 is 12.1 Å². The van der Waals surface area contributed by atoms with Crippen LogP contribution in [0.1, 0.15) is 0 Å². The number of amides is 2. The van der Waals surface area contributed by atoms with Crippen LogP contribution >= 0.6 is 0 Å². The predicted octanol–water partition coefficient (Wildman–Crippen LogP) is -1.14. The molecule has 1 saturated heterocycles. The summed E-state index contributed by atoms with van der Waals surface area (Å²) in [5.41, 5.74) is 0. The Morgan fingerprint density at radius 2 is 2.62 bits per heavy atom. The number of carbonyl (C=O) groups excluding carboxylic acids is 2. The van der Waals surface area contributed by atoms with Crippen molar-refractivity contribution in [1.82, 2.24) is 10.6 Å². The van der Waals surface area contributed by atoms with Crippen LogP contribution in [0.5, 0.6) is 0 Å². The van der Waals surface area contributed by atoms with Crippen LogP contribution in [0.3, 0.4) is 0 Å². The second kappa shape index (κ2) is 4.66. The number of hydrogen-bond acceptors (Lipinski definition) is 4. The van der Waals surface area contributed by atoms with E-state index in [2.05, 4.69) is 15.4 Å². The SMILES string of the molecule is COCCNC(=O)C1COC(=O)N1. The maximum absolute atomic E-state index is 11.2. The van der Waals surface area contributed by atoms with Crippen molar-refractivity contribution in [2.45, 2.75) is 6.04 Å². The van der Waals surface area contributed by atoms with Gasteiger partial charge in [0.15, 0.2) is 0 Å². The normalized spacial score (nSPS) is 20.7. The first kappa shape index (κ1) is 9.79. The van der Waals surface area contributed by atoms with Crippen molar-refractivity contribution in [3.63, 3.8) is 0 Å². The first-order valence-corrected chi connectivity index (χ1v) is 3.94. The molecule has 1 rings (SSSR count). The highest BCUT2D eigenvalue weighted by molar-refractivity contribution is 5.87. The predicted molar refractivity (Wildman–Crippen MR) is 43.2 cm³/mol. The van der Waals surface area contributed by atoms with Gasteiger partial charge in [0.2, 0.25) is 5.91 Å². The molecular weight excluding hydrogens is 176 g/mol. The molecule has 1 heterocycles. The Balaban J connectivity index is 2.20. The van der Waals surface area contributed by atoms with E-state index in [0.717, 1.165) is 0 Å². The minimum Gasteiger partial charge on any atom is -0.447 e. The standard InChI is InChI=1S/C7H12N2O4/c1-12-3-2-8-6(10)5-4-13-7(11)9-5/h5H,2-4H2,1H3,(H,8,10)(H,9,11). The average Bonchev–Trinajstić information content (AvgIpc) is 2.52. The van der Waals surface area contributed by atoms with E-state index >= 15 is 0 Å². The van der Waals surface area contributed by atoms with E-state index in [4.69, 9.17) is 4.74 Å². The molecule has 13 heavy (non-hydrogen) atoms. The molecule has 0 aromatic heterocycles. The Bertz CT molecular complexity index is 207. The first-order valence-electron chi connectivity index (χ1n) is 3.94. The fourth-order valence-corrected chi connectivity index (χ4v) is 0.925. The Morgan fingerprint density at radius 1 is 1.85 bits per heavy atom. The van der Waals surface area contributed by atoms with Crippen LogP contribution in [-0.4, -0.2) is 44.9 Å². The summed E-state index contributed by atoms with van der Waals surface area (Å²) < 4.78 is 9.29. The second-order valence-corrected chi connectivity index (χ2v) is 2.58. The zero-order valence-electron chi connectivity index (χ0n) is 7.33. The summed E-state index contributed by atoms with van der Waals surface area (Å²) in [4.78, 5) is 21.8. The van der Waals surface area contributed by atoms with Crippen molar-refractivity contribution in [2.75, 3.05) is 26.9 Å². The summed E-state index contributed by atoms with van der Waals surface area (Å²) in [6, 6.07) is -0.565. The van der Waals surface area contributed by atoms with Crippen LogP contribution in [0, 0.1) is 0 Å². The third-order valence-electron chi connectivity index (χ3n) is 1.60. The van der Waals surface area contributed by atoms with Crippen LogP contribution in [-0.2, 0) is 14.3 Å². The second-order valence-electron chi connectivity index (χ2n) is 2.58. The van der Waals surface area contributed by atoms with Crippen molar-refractivity contribution < 1.29 is 19.1 Å². The molecule has 2 N–H and O–H groups in total. The van der Waals surface area contributed by atoms with Crippen molar-refractivity contribution >= 4 is 12.0 Å². The zero-order valence-corrected chi connectivity index (χ0v) is 7.33. The lowest BCUT2D eigenvalue weighted by Crippen LogP contribution is -2.43. The molecule has 0 bridgehead atoms. The quantitative estimate of drug-likeness (QED) is 0.546. The van der Waals surface area contributed by atoms with Gasteiger partial charge in [0.05, 0.1) is 6.61 Å². The average molecular weight is 188 g/mol. The minimum absolute atomic E-state index is 0.0949. The molecule has 2 amide bonds. The molecule has 1 unspecified atom stereocenters. The maximum Gasteiger partial charge on any atom is 0.407 e. The van der Waals surface area contributed by atoms with Gasteiger partial charge in [-0.1, -0.05) is 0 Å². The Labute approximate surface area is 75.6 Å². The topological polar surface area (TPSA) is 76.7 Å². The number of alkyl carbamates (subject to hydrolysis) is 1. The molecule has 6 nitrogen and oxygen atoms in total. The summed E-state index contributed by atoms with van der Waals surface area (Å²) in [6.07, 6.45) is -0.549. The fraction of sp³-hybridized carbons (Fsp3) is 0.714. The number of nitrogens with one attached hydrogen (secondary N) is 2. The lowest BCUT2D eigenvalue weighted by Gasteiger charge is -2.07. The first-order chi connectivity index (χ1) is 6.24. The number of ether oxygens (including phenoxy) is 2. The molecule has 74 valence electrons. The van der Waals surface area contributed by atoms with Crippen molar-refractivity contribution in [3.05, 3.63) is 0 Å². The van der Waals surface area contributed by atoms with E-state index in [1.165, 1.54) is 0 Å². The maximum atomic E-state index is 11.2. The molecule has 6 heteroatoms. The van der Waals surface area contributed by atoms with E-state index in [1.807, 2.05) is 0 Å². The van der Waals surface area contributed by atoms with Crippen LogP contribution in [0.15, 0.2) is 0 Å². The lowest BCUT2D eigenvalue weighted by molar-refractivity contribution is -0.123. The molecule has 0 radical (unpaired) electrons. The van der Waals surface area contributed by atoms with Crippen LogP contribution < -0.4 is 10.6 Å². The molecule has 1 aliphatic rings. The van der Waals surface area contributed by atoms with E-state index in [1.54, 1.807) is 7.11 Å². The monoisotopic (exact) mass is 188 g/mol. The molecular formula is C7H12N2O4. The lowest BCUT2D eigenvalue weighted by atomic mass is 10.3. The minimum atomic E-state index is -0.565. The van der Waals surface area contributed by atoms with Crippen LogP contribution in [0.4, 0.5) is 4.79 Å². The number of hydrogen-bond donors (Lipinski definition) is 2. The van der Waals surface area contributed by atoms with Gasteiger partial charge >= 0.3 is 6.09 Å². The number of methoxy groups -OCH3 is 1. The van der Waals surface area contributed by atoms with E-state index in [9.17, 15) is 9.59 Å². The molecule has 0 aliphatic carbocycles. The summed E-state index contributed by atoms with van der Waals surface area (Å²) in [7, 11) is 1.55. The van der Waals surface area contributed by atoms with E-state index in [0.29, 0.717) is 13.2 Å². The third-order valence-corrected chi connectivity index (χ3v) is 1.60. The van der Waals surface area contributed by atoms with Gasteiger partial charge in [-0.3, -0.25) is 4.79 Å². The van der Waals surface area contributed by atoms with Gasteiger partial charge in [0, 0.05) is 13.7 Å². The smallest absolute Gasteiger partial charge is 0.407 e. The van der Waals surface area contributed by atoms with Crippen molar-refractivity contribution in [2.24, 2.45) is 0 Å². The molecule has 0 spiro atoms. The summed E-state index contributed by atoms with van der Waals surface area (Å²) >= 11 is 0. The van der Waals surface area contributed by atoms with Crippen molar-refractivity contribution in [1.29, 1.82) is 0 Å². The zero-order chi connectivity index (χ0) is 9.68. The van der Waals surface area contributed by atoms with E-state index in [-0.39, 0.29) is 12.5 Å². The Morgan fingerprint density at radius 3 is 3.15 bits per heavy atom. The van der Waals surface area contributed by atoms with Gasteiger partial charge in [0.1, 0.15) is 12.6 Å². The molecule has 0 saturated carbocycles. The summed E-state index contributed by atoms with van der Waals surface area (Å²) in [5, 5.41) is 4.95. The highest BCUT2D eigenvalue weighted by Crippen LogP contribution is 1.96. The van der Waals surface area contributed by atoms with Gasteiger partial charge in [0.25, 0.3) is 0 Å². The molecule has 0 aromatic rings. The van der Waals surface area contributed by atoms with Gasteiger partial charge in [-0.15, -0.1) is 0 Å². The number of cyclic esters (lactones) is 1. The van der Waals surface area contributed by atoms with Gasteiger partial charge < -0.3 is 20.1 Å². The summed E-state index contributed by atoms with van der Waals surface area (Å²) in [6.45, 7) is 0.979. The van der Waals surface area contributed by atoms with Gasteiger partial charge in [-0.2, -0.15) is 0 Å². The molecule has 1 aliphatic heterocycles. The third kappa shape index (κ3) is 2.90. The van der Waals surface area contributed by atoms with Gasteiger partial charge in [-0.05, 0) is 0 Å². The van der Waals surface area contributed by atoms with Gasteiger partial charge in [-0.25, -0.2) is 4.79 Å². The molecule has 1 fully saturated rings. The van der Waals surface area contributed by atoms with Crippen LogP contribution in [0.2, 0.25) is 0 Å². The Kier molecular flexibility index (Phi) is 3.51. The highest BCUT2D eigenvalue weighted by atomic mass is 16.6. The number of rotatable bonds is 4. The molecule has 0 aromatic carbocycles.